The number of fused-ring (bicyclic) bond motifs is 1. The van der Waals surface area contributed by atoms with Crippen molar-refractivity contribution in [2.45, 2.75) is 84.6 Å². The van der Waals surface area contributed by atoms with E-state index in [2.05, 4.69) is 46.8 Å². The van der Waals surface area contributed by atoms with Crippen molar-refractivity contribution in [2.24, 2.45) is 0 Å². The third kappa shape index (κ3) is 7.10. The van der Waals surface area contributed by atoms with Gasteiger partial charge in [0, 0.05) is 56.7 Å². The van der Waals surface area contributed by atoms with E-state index in [0.29, 0.717) is 18.6 Å². The van der Waals surface area contributed by atoms with Gasteiger partial charge < -0.3 is 19.4 Å². The molecule has 8 nitrogen and oxygen atoms in total. The van der Waals surface area contributed by atoms with Crippen LogP contribution in [-0.4, -0.2) is 54.0 Å². The Hall–Kier alpha value is -2.91. The number of ether oxygens (including phenoxy) is 2. The summed E-state index contributed by atoms with van der Waals surface area (Å²) in [5.74, 6) is 1.44. The molecule has 1 fully saturated rings. The zero-order valence-corrected chi connectivity index (χ0v) is 24.5. The first-order valence-electron chi connectivity index (χ1n) is 13.1. The highest BCUT2D eigenvalue weighted by atomic mass is 28.3. The highest BCUT2D eigenvalue weighted by Crippen LogP contribution is 2.34. The highest BCUT2D eigenvalue weighted by molar-refractivity contribution is 6.76. The average Bonchev–Trinajstić information content (AvgIpc) is 3.54. The van der Waals surface area contributed by atoms with Crippen LogP contribution in [0.5, 0.6) is 0 Å². The van der Waals surface area contributed by atoms with Gasteiger partial charge in [0.1, 0.15) is 29.6 Å². The summed E-state index contributed by atoms with van der Waals surface area (Å²) in [5, 5.41) is 4.56. The summed E-state index contributed by atoms with van der Waals surface area (Å²) in [5.41, 5.74) is 3.38. The number of hydrogen-bond acceptors (Lipinski definition) is 6. The van der Waals surface area contributed by atoms with Gasteiger partial charge in [-0.25, -0.2) is 14.8 Å². The fourth-order valence-electron chi connectivity index (χ4n) is 3.97. The molecule has 3 aromatic rings. The van der Waals surface area contributed by atoms with Gasteiger partial charge in [-0.15, -0.1) is 0 Å². The van der Waals surface area contributed by atoms with Crippen molar-refractivity contribution in [1.29, 1.82) is 0 Å². The number of pyridine rings is 2. The van der Waals surface area contributed by atoms with E-state index in [0.717, 1.165) is 46.2 Å². The first-order chi connectivity index (χ1) is 17.3. The van der Waals surface area contributed by atoms with Crippen molar-refractivity contribution in [3.8, 4) is 11.1 Å². The number of carbonyl (C=O) groups excluding carboxylic acids is 1. The Morgan fingerprint density at radius 3 is 2.57 bits per heavy atom. The van der Waals surface area contributed by atoms with Crippen molar-refractivity contribution < 1.29 is 14.3 Å². The van der Waals surface area contributed by atoms with Gasteiger partial charge in [0.05, 0.1) is 0 Å². The number of carbonyl (C=O) groups is 1. The van der Waals surface area contributed by atoms with Crippen LogP contribution in [0.2, 0.25) is 25.7 Å². The molecule has 0 saturated heterocycles. The number of aromatic nitrogens is 3. The van der Waals surface area contributed by atoms with E-state index in [4.69, 9.17) is 14.5 Å². The highest BCUT2D eigenvalue weighted by Gasteiger charge is 2.24. The molecule has 1 saturated carbocycles. The minimum atomic E-state index is -1.17. The van der Waals surface area contributed by atoms with E-state index < -0.39 is 19.8 Å². The van der Waals surface area contributed by atoms with Crippen molar-refractivity contribution in [1.82, 2.24) is 14.5 Å². The number of aryl methyl sites for hydroxylation is 1. The monoisotopic (exact) mass is 523 g/mol. The third-order valence-electron chi connectivity index (χ3n) is 6.28. The maximum atomic E-state index is 12.5. The standard InChI is InChI=1S/C28H41N5O3Si/c1-19-15-25(32(5)27(34)36-28(2,3)4)29-16-22(19)23-17-33(18-35-13-14-37(6,7)8)26-21(23)11-12-24(31-26)30-20-9-10-20/h11-12,15-17,20H,9-10,13-14,18H2,1-8H3,(H,30,31). The Bertz CT molecular complexity index is 1270. The summed E-state index contributed by atoms with van der Waals surface area (Å²) in [6.07, 6.45) is 5.89. The lowest BCUT2D eigenvalue weighted by Crippen LogP contribution is -2.34. The predicted molar refractivity (Wildman–Crippen MR) is 153 cm³/mol. The summed E-state index contributed by atoms with van der Waals surface area (Å²) in [7, 11) is 0.512. The molecule has 1 aliphatic carbocycles. The second-order valence-electron chi connectivity index (χ2n) is 12.2. The SMILES string of the molecule is Cc1cc(N(C)C(=O)OC(C)(C)C)ncc1-c1cn(COCC[Si](C)(C)C)c2nc(NC3CC3)ccc12. The smallest absolute Gasteiger partial charge is 0.415 e. The molecule has 0 aliphatic heterocycles. The molecular weight excluding hydrogens is 482 g/mol. The van der Waals surface area contributed by atoms with E-state index in [1.54, 1.807) is 7.05 Å². The lowest BCUT2D eigenvalue weighted by atomic mass is 10.0. The van der Waals surface area contributed by atoms with Crippen LogP contribution in [0.15, 0.2) is 30.6 Å². The Labute approximate surface area is 221 Å². The quantitative estimate of drug-likeness (QED) is 0.249. The lowest BCUT2D eigenvalue weighted by molar-refractivity contribution is 0.0588. The van der Waals surface area contributed by atoms with E-state index in [1.165, 1.54) is 17.7 Å². The summed E-state index contributed by atoms with van der Waals surface area (Å²) in [6, 6.07) is 7.75. The Morgan fingerprint density at radius 2 is 1.95 bits per heavy atom. The van der Waals surface area contributed by atoms with Gasteiger partial charge in [0.25, 0.3) is 0 Å². The molecule has 3 aromatic heterocycles. The van der Waals surface area contributed by atoms with Gasteiger partial charge in [0.15, 0.2) is 0 Å². The zero-order chi connectivity index (χ0) is 27.0. The van der Waals surface area contributed by atoms with E-state index in [-0.39, 0.29) is 0 Å². The Morgan fingerprint density at radius 1 is 1.22 bits per heavy atom. The van der Waals surface area contributed by atoms with Gasteiger partial charge in [-0.2, -0.15) is 0 Å². The van der Waals surface area contributed by atoms with Gasteiger partial charge in [0.2, 0.25) is 0 Å². The minimum Gasteiger partial charge on any atom is -0.443 e. The summed E-state index contributed by atoms with van der Waals surface area (Å²) >= 11 is 0. The van der Waals surface area contributed by atoms with Crippen LogP contribution in [0.25, 0.3) is 22.2 Å². The normalized spacial score (nSPS) is 14.2. The molecule has 3 heterocycles. The fourth-order valence-corrected chi connectivity index (χ4v) is 4.72. The van der Waals surface area contributed by atoms with Crippen LogP contribution in [0.3, 0.4) is 0 Å². The minimum absolute atomic E-state index is 0.431. The Kier molecular flexibility index (Phi) is 7.66. The molecule has 37 heavy (non-hydrogen) atoms. The first kappa shape index (κ1) is 27.1. The molecule has 4 rings (SSSR count). The van der Waals surface area contributed by atoms with Crippen LogP contribution in [0.4, 0.5) is 16.4 Å². The van der Waals surface area contributed by atoms with Gasteiger partial charge >= 0.3 is 6.09 Å². The molecule has 1 amide bonds. The van der Waals surface area contributed by atoms with Gasteiger partial charge in [-0.1, -0.05) is 19.6 Å². The lowest BCUT2D eigenvalue weighted by Gasteiger charge is -2.24. The number of hydrogen-bond donors (Lipinski definition) is 1. The molecule has 1 aliphatic rings. The fraction of sp³-hybridized carbons (Fsp3) is 0.536. The maximum Gasteiger partial charge on any atom is 0.415 e. The zero-order valence-electron chi connectivity index (χ0n) is 23.5. The number of nitrogens with zero attached hydrogens (tertiary/aromatic N) is 4. The van der Waals surface area contributed by atoms with Crippen LogP contribution in [-0.2, 0) is 16.2 Å². The molecule has 9 heteroatoms. The third-order valence-corrected chi connectivity index (χ3v) is 7.98. The largest absolute Gasteiger partial charge is 0.443 e. The van der Waals surface area contributed by atoms with Crippen LogP contribution >= 0.6 is 0 Å². The molecule has 0 unspecified atom stereocenters. The summed E-state index contributed by atoms with van der Waals surface area (Å²) < 4.78 is 13.7. The van der Waals surface area contributed by atoms with Crippen molar-refractivity contribution in [2.75, 3.05) is 23.9 Å². The maximum absolute atomic E-state index is 12.5. The van der Waals surface area contributed by atoms with Gasteiger partial charge in [-0.05, 0) is 70.3 Å². The average molecular weight is 524 g/mol. The number of anilines is 2. The molecule has 0 radical (unpaired) electrons. The molecular formula is C28H41N5O3Si. The van der Waals surface area contributed by atoms with Crippen molar-refractivity contribution in [3.63, 3.8) is 0 Å². The molecule has 0 bridgehead atoms. The van der Waals surface area contributed by atoms with E-state index >= 15 is 0 Å². The second kappa shape index (κ2) is 10.5. The molecule has 0 aromatic carbocycles. The Balaban J connectivity index is 1.63. The number of rotatable bonds is 9. The molecule has 0 atom stereocenters. The number of nitrogens with one attached hydrogen (secondary N) is 1. The predicted octanol–water partition coefficient (Wildman–Crippen LogP) is 6.66. The van der Waals surface area contributed by atoms with Crippen molar-refractivity contribution in [3.05, 3.63) is 36.2 Å². The topological polar surface area (TPSA) is 81.5 Å². The van der Waals surface area contributed by atoms with Gasteiger partial charge in [-0.3, -0.25) is 4.90 Å². The van der Waals surface area contributed by atoms with Crippen molar-refractivity contribution >= 4 is 36.8 Å². The summed E-state index contributed by atoms with van der Waals surface area (Å²) in [6.45, 7) is 15.9. The van der Waals surface area contributed by atoms with Crippen LogP contribution < -0.4 is 10.2 Å². The summed E-state index contributed by atoms with van der Waals surface area (Å²) in [4.78, 5) is 23.5. The molecule has 0 spiro atoms. The van der Waals surface area contributed by atoms with Crippen LogP contribution in [0, 0.1) is 6.92 Å². The van der Waals surface area contributed by atoms with E-state index in [9.17, 15) is 4.79 Å². The van der Waals surface area contributed by atoms with Crippen LogP contribution in [0.1, 0.15) is 39.2 Å². The van der Waals surface area contributed by atoms with E-state index in [1.807, 2.05) is 46.0 Å². The first-order valence-corrected chi connectivity index (χ1v) is 16.8. The molecule has 200 valence electrons. The molecule has 1 N–H and O–H groups in total. The number of amides is 1. The second-order valence-corrected chi connectivity index (χ2v) is 17.9.